The van der Waals surface area contributed by atoms with Gasteiger partial charge in [-0.3, -0.25) is 4.40 Å². The van der Waals surface area contributed by atoms with Crippen molar-refractivity contribution in [3.05, 3.63) is 46.8 Å². The summed E-state index contributed by atoms with van der Waals surface area (Å²) >= 11 is 5.91. The maximum absolute atomic E-state index is 13.0. The largest absolute Gasteiger partial charge is 0.417 e. The van der Waals surface area contributed by atoms with E-state index in [-0.39, 0.29) is 23.0 Å². The van der Waals surface area contributed by atoms with Gasteiger partial charge >= 0.3 is 6.18 Å². The molecule has 134 valence electrons. The zero-order chi connectivity index (χ0) is 18.5. The van der Waals surface area contributed by atoms with Gasteiger partial charge < -0.3 is 5.32 Å². The van der Waals surface area contributed by atoms with Gasteiger partial charge in [-0.1, -0.05) is 11.6 Å². The summed E-state index contributed by atoms with van der Waals surface area (Å²) in [5.74, 6) is 1.23. The number of halogens is 4. The molecule has 4 rings (SSSR count). The van der Waals surface area contributed by atoms with Crippen LogP contribution in [0.25, 0.3) is 11.4 Å². The molecule has 0 saturated carbocycles. The number of nitrogens with zero attached hydrogens (tertiary/aromatic N) is 7. The van der Waals surface area contributed by atoms with Crippen LogP contribution in [-0.4, -0.2) is 34.2 Å². The van der Waals surface area contributed by atoms with E-state index in [2.05, 4.69) is 30.6 Å². The van der Waals surface area contributed by atoms with Crippen molar-refractivity contribution in [3.63, 3.8) is 0 Å². The van der Waals surface area contributed by atoms with Crippen molar-refractivity contribution in [2.45, 2.75) is 19.6 Å². The van der Waals surface area contributed by atoms with E-state index in [0.717, 1.165) is 12.3 Å². The van der Waals surface area contributed by atoms with Gasteiger partial charge in [0.25, 0.3) is 5.78 Å². The lowest BCUT2D eigenvalue weighted by Gasteiger charge is -2.10. The van der Waals surface area contributed by atoms with Crippen LogP contribution in [0.15, 0.2) is 24.7 Å². The molecule has 0 atom stereocenters. The van der Waals surface area contributed by atoms with Gasteiger partial charge in [-0.15, -0.1) is 10.2 Å². The normalized spacial score (nSPS) is 12.2. The van der Waals surface area contributed by atoms with Gasteiger partial charge in [0.1, 0.15) is 12.1 Å². The maximum atomic E-state index is 13.0. The van der Waals surface area contributed by atoms with E-state index in [1.54, 1.807) is 13.0 Å². The quantitative estimate of drug-likeness (QED) is 0.586. The summed E-state index contributed by atoms with van der Waals surface area (Å²) in [4.78, 5) is 8.23. The molecule has 0 aliphatic carbocycles. The van der Waals surface area contributed by atoms with Crippen molar-refractivity contribution in [2.24, 2.45) is 0 Å². The lowest BCUT2D eigenvalue weighted by molar-refractivity contribution is -0.137. The molecule has 0 fully saturated rings. The molecule has 0 spiro atoms. The standard InChI is InChI=1S/C14H10ClF3N8/c1-7-2-10(26-13(22-7)20-6-21-26)19-4-11-23-24-12-9(15)3-8(5-25(11)12)14(16,17)18/h2-3,5-6,19H,4H2,1H3. The smallest absolute Gasteiger partial charge is 0.363 e. The molecule has 0 saturated heterocycles. The highest BCUT2D eigenvalue weighted by Crippen LogP contribution is 2.32. The Morgan fingerprint density at radius 2 is 2.04 bits per heavy atom. The lowest BCUT2D eigenvalue weighted by atomic mass is 10.3. The average Bonchev–Trinajstić information content (AvgIpc) is 3.18. The predicted molar refractivity (Wildman–Crippen MR) is 85.8 cm³/mol. The van der Waals surface area contributed by atoms with Crippen LogP contribution in [0.1, 0.15) is 17.1 Å². The van der Waals surface area contributed by atoms with Crippen molar-refractivity contribution in [1.29, 1.82) is 0 Å². The van der Waals surface area contributed by atoms with Gasteiger partial charge in [-0.2, -0.15) is 27.8 Å². The van der Waals surface area contributed by atoms with Crippen LogP contribution in [0.4, 0.5) is 19.0 Å². The fourth-order valence-electron chi connectivity index (χ4n) is 2.50. The Bertz CT molecular complexity index is 1120. The van der Waals surface area contributed by atoms with Gasteiger partial charge in [0, 0.05) is 18.0 Å². The summed E-state index contributed by atoms with van der Waals surface area (Å²) < 4.78 is 41.7. The van der Waals surface area contributed by atoms with Gasteiger partial charge in [0.05, 0.1) is 17.1 Å². The van der Waals surface area contributed by atoms with Crippen molar-refractivity contribution < 1.29 is 13.2 Å². The van der Waals surface area contributed by atoms with Crippen molar-refractivity contribution in [2.75, 3.05) is 5.32 Å². The predicted octanol–water partition coefficient (Wildman–Crippen LogP) is 2.76. The van der Waals surface area contributed by atoms with E-state index in [9.17, 15) is 13.2 Å². The van der Waals surface area contributed by atoms with E-state index in [1.807, 2.05) is 0 Å². The second-order valence-electron chi connectivity index (χ2n) is 5.49. The first-order valence-electron chi connectivity index (χ1n) is 7.34. The molecule has 26 heavy (non-hydrogen) atoms. The fraction of sp³-hybridized carbons (Fsp3) is 0.214. The van der Waals surface area contributed by atoms with E-state index in [1.165, 1.54) is 15.2 Å². The van der Waals surface area contributed by atoms with Crippen LogP contribution in [0.3, 0.4) is 0 Å². The molecule has 12 heteroatoms. The molecule has 0 radical (unpaired) electrons. The molecule has 0 aliphatic heterocycles. The third-order valence-corrected chi connectivity index (χ3v) is 3.94. The first kappa shape index (κ1) is 16.5. The Kier molecular flexibility index (Phi) is 3.68. The number of anilines is 1. The first-order chi connectivity index (χ1) is 12.3. The van der Waals surface area contributed by atoms with Crippen LogP contribution in [0, 0.1) is 6.92 Å². The summed E-state index contributed by atoms with van der Waals surface area (Å²) in [5, 5.41) is 14.8. The van der Waals surface area contributed by atoms with Crippen molar-refractivity contribution >= 4 is 28.8 Å². The minimum Gasteiger partial charge on any atom is -0.363 e. The van der Waals surface area contributed by atoms with E-state index >= 15 is 0 Å². The first-order valence-corrected chi connectivity index (χ1v) is 7.72. The fourth-order valence-corrected chi connectivity index (χ4v) is 2.75. The van der Waals surface area contributed by atoms with Gasteiger partial charge in [-0.25, -0.2) is 4.98 Å². The minimum atomic E-state index is -4.53. The SMILES string of the molecule is Cc1cc(NCc2nnc3c(Cl)cc(C(F)(F)F)cn23)n2ncnc2n1. The number of hydrogen-bond donors (Lipinski definition) is 1. The molecule has 0 unspecified atom stereocenters. The zero-order valence-corrected chi connectivity index (χ0v) is 13.9. The molecule has 1 N–H and O–H groups in total. The molecule has 4 heterocycles. The molecule has 4 aromatic rings. The zero-order valence-electron chi connectivity index (χ0n) is 13.2. The molecule has 0 aliphatic rings. The van der Waals surface area contributed by atoms with Crippen molar-refractivity contribution in [1.82, 2.24) is 34.2 Å². The Balaban J connectivity index is 1.71. The van der Waals surface area contributed by atoms with E-state index in [0.29, 0.717) is 17.3 Å². The molecule has 0 aromatic carbocycles. The molecular formula is C14H10ClF3N8. The number of hydrogen-bond acceptors (Lipinski definition) is 6. The Morgan fingerprint density at radius 1 is 1.23 bits per heavy atom. The topological polar surface area (TPSA) is 85.3 Å². The van der Waals surface area contributed by atoms with Crippen LogP contribution in [-0.2, 0) is 12.7 Å². The summed E-state index contributed by atoms with van der Waals surface area (Å²) in [6.07, 6.45) is -2.25. The minimum absolute atomic E-state index is 0.0945. The average molecular weight is 383 g/mol. The number of aromatic nitrogens is 7. The van der Waals surface area contributed by atoms with Gasteiger partial charge in [0.2, 0.25) is 0 Å². The van der Waals surface area contributed by atoms with Gasteiger partial charge in [0.15, 0.2) is 11.5 Å². The molecular weight excluding hydrogens is 373 g/mol. The highest BCUT2D eigenvalue weighted by molar-refractivity contribution is 6.33. The third kappa shape index (κ3) is 2.79. The van der Waals surface area contributed by atoms with Crippen LogP contribution >= 0.6 is 11.6 Å². The second-order valence-corrected chi connectivity index (χ2v) is 5.90. The Labute approximate surface area is 148 Å². The van der Waals surface area contributed by atoms with Crippen LogP contribution in [0.5, 0.6) is 0 Å². The second kappa shape index (κ2) is 5.80. The molecule has 0 bridgehead atoms. The number of fused-ring (bicyclic) bond motifs is 2. The van der Waals surface area contributed by atoms with Crippen LogP contribution in [0.2, 0.25) is 5.02 Å². The monoisotopic (exact) mass is 382 g/mol. The lowest BCUT2D eigenvalue weighted by Crippen LogP contribution is -2.11. The van der Waals surface area contributed by atoms with E-state index in [4.69, 9.17) is 11.6 Å². The highest BCUT2D eigenvalue weighted by Gasteiger charge is 2.32. The van der Waals surface area contributed by atoms with Crippen LogP contribution < -0.4 is 5.32 Å². The van der Waals surface area contributed by atoms with Crippen molar-refractivity contribution in [3.8, 4) is 0 Å². The summed E-state index contributed by atoms with van der Waals surface area (Å²) in [6.45, 7) is 1.89. The highest BCUT2D eigenvalue weighted by atomic mass is 35.5. The van der Waals surface area contributed by atoms with E-state index < -0.39 is 11.7 Å². The molecule has 8 nitrogen and oxygen atoms in total. The summed E-state index contributed by atoms with van der Waals surface area (Å²) in [7, 11) is 0. The maximum Gasteiger partial charge on any atom is 0.417 e. The number of aryl methyl sites for hydroxylation is 1. The molecule has 0 amide bonds. The van der Waals surface area contributed by atoms with Gasteiger partial charge in [-0.05, 0) is 13.0 Å². The number of nitrogens with one attached hydrogen (secondary N) is 1. The number of rotatable bonds is 3. The number of alkyl halides is 3. The summed E-state index contributed by atoms with van der Waals surface area (Å²) in [6, 6.07) is 2.56. The molecule has 4 aromatic heterocycles. The third-order valence-electron chi connectivity index (χ3n) is 3.67. The summed E-state index contributed by atoms with van der Waals surface area (Å²) in [5.41, 5.74) is -0.0238. The Hall–Kier alpha value is -2.95. The number of pyridine rings is 1. The Morgan fingerprint density at radius 3 is 2.81 bits per heavy atom.